The Kier molecular flexibility index (Phi) is 8.42. The van der Waals surface area contributed by atoms with Crippen LogP contribution in [-0.2, 0) is 0 Å². The standard InChI is InChI=1S/2C7F5O2.2C6H5.Pb/c2*8-2-3(9)5(11)7(14-1-13)6(12)4(2)10;2*1-2-4-6-5-3-1;/h;;2*1-5H;. The molecule has 0 saturated heterocycles. The molecular weight excluding hydrogens is 773 g/mol. The Balaban J connectivity index is 2.00. The van der Waals surface area contributed by atoms with E-state index < -0.39 is 97.9 Å². The summed E-state index contributed by atoms with van der Waals surface area (Å²) in [6.45, 7) is 0. The van der Waals surface area contributed by atoms with Gasteiger partial charge in [-0.15, -0.1) is 0 Å². The van der Waals surface area contributed by atoms with Crippen molar-refractivity contribution in [3.63, 3.8) is 0 Å². The van der Waals surface area contributed by atoms with Crippen LogP contribution in [0.15, 0.2) is 60.7 Å². The van der Waals surface area contributed by atoms with E-state index in [1.54, 1.807) is 0 Å². The predicted molar refractivity (Wildman–Crippen MR) is 122 cm³/mol. The van der Waals surface area contributed by atoms with Gasteiger partial charge in [-0.2, -0.15) is 0 Å². The predicted octanol–water partition coefficient (Wildman–Crippen LogP) is 6.20. The van der Waals surface area contributed by atoms with Crippen molar-refractivity contribution in [2.45, 2.75) is 0 Å². The van der Waals surface area contributed by atoms with Crippen molar-refractivity contribution in [2.75, 3.05) is 0 Å². The Bertz CT molecular complexity index is 1500. The number of halogens is 10. The third-order valence-corrected chi connectivity index (χ3v) is 20.6. The van der Waals surface area contributed by atoms with Crippen molar-refractivity contribution in [3.8, 4) is 11.5 Å². The molecule has 0 heterocycles. The maximum atomic E-state index is 14.4. The van der Waals surface area contributed by atoms with E-state index in [4.69, 9.17) is 0 Å². The number of carbonyl (C=O) groups is 2. The number of rotatable bonds is 6. The van der Waals surface area contributed by atoms with E-state index in [0.29, 0.717) is 0 Å². The first-order valence-corrected chi connectivity index (χ1v) is 18.7. The van der Waals surface area contributed by atoms with Gasteiger partial charge in [-0.25, -0.2) is 0 Å². The molecule has 0 aromatic heterocycles. The summed E-state index contributed by atoms with van der Waals surface area (Å²) in [7, 11) is 0. The first-order valence-electron chi connectivity index (χ1n) is 10.9. The van der Waals surface area contributed by atoms with Crippen LogP contribution >= 0.6 is 0 Å². The summed E-state index contributed by atoms with van der Waals surface area (Å²) in [6.07, 6.45) is 0. The van der Waals surface area contributed by atoms with Crippen LogP contribution in [0.25, 0.3) is 0 Å². The molecule has 0 radical (unpaired) electrons. The third-order valence-electron chi connectivity index (χ3n) is 5.75. The second kappa shape index (κ2) is 11.5. The van der Waals surface area contributed by atoms with Crippen LogP contribution in [0, 0.1) is 58.2 Å². The molecule has 0 aliphatic heterocycles. The minimum absolute atomic E-state index is 0.311. The van der Waals surface area contributed by atoms with E-state index in [2.05, 4.69) is 9.47 Å². The summed E-state index contributed by atoms with van der Waals surface area (Å²) in [4.78, 5) is 27.5. The zero-order valence-corrected chi connectivity index (χ0v) is 23.6. The van der Waals surface area contributed by atoms with E-state index in [9.17, 15) is 53.5 Å². The summed E-state index contributed by atoms with van der Waals surface area (Å²) >= 11 is -6.67. The van der Waals surface area contributed by atoms with E-state index in [0.717, 1.165) is 24.3 Å². The Morgan fingerprint density at radius 2 is 0.659 bits per heavy atom. The molecule has 0 amide bonds. The van der Waals surface area contributed by atoms with E-state index >= 15 is 0 Å². The van der Waals surface area contributed by atoms with Gasteiger partial charge in [0, 0.05) is 0 Å². The van der Waals surface area contributed by atoms with Gasteiger partial charge in [0.15, 0.2) is 0 Å². The Hall–Kier alpha value is -3.96. The number of ether oxygens (including phenoxy) is 2. The van der Waals surface area contributed by atoms with E-state index in [-0.39, 0.29) is 6.25 Å². The van der Waals surface area contributed by atoms with Gasteiger partial charge in [0.1, 0.15) is 0 Å². The molecule has 0 N–H and O–H groups in total. The number of hydrogen-bond acceptors (Lipinski definition) is 4. The molecule has 212 valence electrons. The van der Waals surface area contributed by atoms with Gasteiger partial charge in [0.2, 0.25) is 0 Å². The zero-order chi connectivity index (χ0) is 30.2. The quantitative estimate of drug-likeness (QED) is 0.101. The normalized spacial score (nSPS) is 11.4. The van der Waals surface area contributed by atoms with Crippen LogP contribution < -0.4 is 15.7 Å². The van der Waals surface area contributed by atoms with Crippen LogP contribution in [0.4, 0.5) is 53.5 Å². The van der Waals surface area contributed by atoms with Crippen LogP contribution in [0.5, 0.6) is 11.5 Å². The zero-order valence-electron chi connectivity index (χ0n) is 19.7. The van der Waals surface area contributed by atoms with Crippen molar-refractivity contribution >= 4 is 34.5 Å². The molecule has 15 heteroatoms. The molecule has 4 aromatic carbocycles. The van der Waals surface area contributed by atoms with Gasteiger partial charge in [0.05, 0.1) is 0 Å². The Morgan fingerprint density at radius 1 is 0.415 bits per heavy atom. The molecular formula is C26H10F10O4Pb. The van der Waals surface area contributed by atoms with Gasteiger partial charge in [-0.1, -0.05) is 0 Å². The first kappa shape index (κ1) is 30.0. The Labute approximate surface area is 227 Å². The average molecular weight is 784 g/mol. The molecule has 0 bridgehead atoms. The minimum atomic E-state index is -6.67. The SMILES string of the molecule is O=[C](Oc1c(F)c(F)c(F)c(F)c1F)[Pb]([C](=O)Oc1c(F)c(F)c(F)c(F)c1F)([c]1ccccc1)[c]1ccccc1. The van der Waals surface area contributed by atoms with Crippen LogP contribution in [0.3, 0.4) is 0 Å². The van der Waals surface area contributed by atoms with E-state index in [1.807, 2.05) is 0 Å². The van der Waals surface area contributed by atoms with Crippen molar-refractivity contribution in [1.29, 1.82) is 0 Å². The molecule has 4 aromatic rings. The number of carbonyl (C=O) groups excluding carboxylic acids is 2. The van der Waals surface area contributed by atoms with Crippen molar-refractivity contribution < 1.29 is 63.0 Å². The molecule has 4 nitrogen and oxygen atoms in total. The molecule has 0 atom stereocenters. The van der Waals surface area contributed by atoms with Gasteiger partial charge in [0.25, 0.3) is 0 Å². The fourth-order valence-corrected chi connectivity index (χ4v) is 16.8. The molecule has 0 spiro atoms. The molecule has 0 unspecified atom stereocenters. The number of benzene rings is 4. The maximum absolute atomic E-state index is 14.4. The average Bonchev–Trinajstić information content (AvgIpc) is 2.99. The molecule has 4 rings (SSSR count). The van der Waals surface area contributed by atoms with Gasteiger partial charge in [-0.05, 0) is 0 Å². The van der Waals surface area contributed by atoms with Gasteiger partial charge < -0.3 is 0 Å². The molecule has 0 aliphatic carbocycles. The first-order chi connectivity index (χ1) is 19.3. The van der Waals surface area contributed by atoms with Crippen LogP contribution in [-0.4, -0.2) is 28.2 Å². The summed E-state index contributed by atoms with van der Waals surface area (Å²) in [6, 6.07) is 12.1. The van der Waals surface area contributed by atoms with Crippen molar-refractivity contribution in [1.82, 2.24) is 0 Å². The molecule has 0 saturated carbocycles. The molecule has 41 heavy (non-hydrogen) atoms. The summed E-state index contributed by atoms with van der Waals surface area (Å²) in [5, 5.41) is 0. The van der Waals surface area contributed by atoms with Gasteiger partial charge >= 0.3 is 228 Å². The van der Waals surface area contributed by atoms with E-state index in [1.165, 1.54) is 36.4 Å². The Morgan fingerprint density at radius 3 is 0.927 bits per heavy atom. The second-order valence-corrected chi connectivity index (χ2v) is 21.6. The van der Waals surface area contributed by atoms with Crippen LogP contribution in [0.1, 0.15) is 0 Å². The fourth-order valence-electron chi connectivity index (χ4n) is 3.78. The topological polar surface area (TPSA) is 52.6 Å². The van der Waals surface area contributed by atoms with Crippen LogP contribution in [0.2, 0.25) is 0 Å². The monoisotopic (exact) mass is 784 g/mol. The summed E-state index contributed by atoms with van der Waals surface area (Å²) < 4.78 is 145. The van der Waals surface area contributed by atoms with Gasteiger partial charge in [-0.3, -0.25) is 0 Å². The van der Waals surface area contributed by atoms with Crippen molar-refractivity contribution in [3.05, 3.63) is 119 Å². The molecule has 0 aliphatic rings. The molecule has 0 fully saturated rings. The fraction of sp³-hybridized carbons (Fsp3) is 0. The number of hydrogen-bond donors (Lipinski definition) is 0. The summed E-state index contributed by atoms with van der Waals surface area (Å²) in [5.41, 5.74) is 0. The third kappa shape index (κ3) is 4.93. The van der Waals surface area contributed by atoms with Crippen molar-refractivity contribution in [2.24, 2.45) is 0 Å². The second-order valence-electron chi connectivity index (χ2n) is 8.06. The summed E-state index contributed by atoms with van der Waals surface area (Å²) in [5.74, 6) is -29.8.